The van der Waals surface area contributed by atoms with Crippen molar-refractivity contribution in [1.29, 1.82) is 0 Å². The second kappa shape index (κ2) is 8.49. The van der Waals surface area contributed by atoms with Gasteiger partial charge in [-0.05, 0) is 59.4 Å². The summed E-state index contributed by atoms with van der Waals surface area (Å²) in [6.07, 6.45) is 0. The molecule has 0 spiro atoms. The summed E-state index contributed by atoms with van der Waals surface area (Å²) in [5.74, 6) is -0.723. The van der Waals surface area contributed by atoms with Crippen molar-refractivity contribution >= 4 is 39.7 Å². The molecule has 144 valence electrons. The zero-order chi connectivity index (χ0) is 20.1. The van der Waals surface area contributed by atoms with Crippen molar-refractivity contribution < 1.29 is 23.4 Å². The third-order valence-corrected chi connectivity index (χ3v) is 3.94. The standard InChI is InChI=1S/C19H15F2N3O3S/c20-18(21)27-14-7-5-13(6-8-14)22-19(28)24-23-17(26)15-9-11-3-1-2-4-12(11)10-16(15)25/h1-10,18,25H,(H,23,26)(H2,22,24,28). The number of hydrogen-bond donors (Lipinski definition) is 4. The molecule has 3 rings (SSSR count). The quantitative estimate of drug-likeness (QED) is 0.392. The Hall–Kier alpha value is -3.46. The van der Waals surface area contributed by atoms with Crippen molar-refractivity contribution in [2.24, 2.45) is 0 Å². The lowest BCUT2D eigenvalue weighted by Crippen LogP contribution is -2.43. The third-order valence-electron chi connectivity index (χ3n) is 3.74. The Morgan fingerprint density at radius 2 is 1.64 bits per heavy atom. The van der Waals surface area contributed by atoms with Gasteiger partial charge in [0, 0.05) is 5.69 Å². The molecule has 0 heterocycles. The third kappa shape index (κ3) is 4.83. The largest absolute Gasteiger partial charge is 0.507 e. The normalized spacial score (nSPS) is 10.5. The van der Waals surface area contributed by atoms with Gasteiger partial charge in [0.05, 0.1) is 5.56 Å². The van der Waals surface area contributed by atoms with Crippen LogP contribution in [0.1, 0.15) is 10.4 Å². The van der Waals surface area contributed by atoms with E-state index in [1.165, 1.54) is 30.3 Å². The van der Waals surface area contributed by atoms with Crippen LogP contribution in [0.2, 0.25) is 0 Å². The fourth-order valence-corrected chi connectivity index (χ4v) is 2.64. The molecule has 0 atom stereocenters. The molecule has 0 bridgehead atoms. The van der Waals surface area contributed by atoms with Crippen molar-refractivity contribution in [2.45, 2.75) is 6.61 Å². The Kier molecular flexibility index (Phi) is 5.85. The van der Waals surface area contributed by atoms with Gasteiger partial charge in [-0.2, -0.15) is 8.78 Å². The lowest BCUT2D eigenvalue weighted by atomic mass is 10.1. The molecular weight excluding hydrogens is 388 g/mol. The van der Waals surface area contributed by atoms with Gasteiger partial charge in [0.15, 0.2) is 5.11 Å². The lowest BCUT2D eigenvalue weighted by Gasteiger charge is -2.13. The van der Waals surface area contributed by atoms with Gasteiger partial charge in [-0.25, -0.2) is 0 Å². The Bertz CT molecular complexity index is 1010. The van der Waals surface area contributed by atoms with Crippen LogP contribution >= 0.6 is 12.2 Å². The van der Waals surface area contributed by atoms with Crippen LogP contribution in [0.3, 0.4) is 0 Å². The Morgan fingerprint density at radius 1 is 1.00 bits per heavy atom. The van der Waals surface area contributed by atoms with E-state index in [0.717, 1.165) is 10.8 Å². The smallest absolute Gasteiger partial charge is 0.387 e. The molecule has 3 aromatic carbocycles. The number of carbonyl (C=O) groups is 1. The summed E-state index contributed by atoms with van der Waals surface area (Å²) in [7, 11) is 0. The molecule has 6 nitrogen and oxygen atoms in total. The Labute approximate surface area is 164 Å². The van der Waals surface area contributed by atoms with E-state index >= 15 is 0 Å². The van der Waals surface area contributed by atoms with Crippen molar-refractivity contribution in [3.8, 4) is 11.5 Å². The zero-order valence-electron chi connectivity index (χ0n) is 14.3. The van der Waals surface area contributed by atoms with Gasteiger partial charge in [0.2, 0.25) is 0 Å². The van der Waals surface area contributed by atoms with E-state index in [9.17, 15) is 18.7 Å². The van der Waals surface area contributed by atoms with Gasteiger partial charge in [-0.1, -0.05) is 24.3 Å². The highest BCUT2D eigenvalue weighted by Crippen LogP contribution is 2.24. The number of aromatic hydroxyl groups is 1. The first-order valence-corrected chi connectivity index (χ1v) is 8.47. The number of amides is 1. The fraction of sp³-hybridized carbons (Fsp3) is 0.0526. The van der Waals surface area contributed by atoms with Gasteiger partial charge in [0.25, 0.3) is 5.91 Å². The van der Waals surface area contributed by atoms with Crippen LogP contribution in [0.25, 0.3) is 10.8 Å². The molecule has 1 amide bonds. The summed E-state index contributed by atoms with van der Waals surface area (Å²) in [5, 5.41) is 14.5. The molecule has 0 aliphatic heterocycles. The molecular formula is C19H15F2N3O3S. The molecule has 0 radical (unpaired) electrons. The van der Waals surface area contributed by atoms with E-state index in [2.05, 4.69) is 20.9 Å². The highest BCUT2D eigenvalue weighted by Gasteiger charge is 2.13. The minimum Gasteiger partial charge on any atom is -0.507 e. The number of phenolic OH excluding ortho intramolecular Hbond substituents is 1. The molecule has 0 aromatic heterocycles. The number of fused-ring (bicyclic) bond motifs is 1. The summed E-state index contributed by atoms with van der Waals surface area (Å²) in [6, 6.07) is 16.1. The maximum absolute atomic E-state index is 12.3. The summed E-state index contributed by atoms with van der Waals surface area (Å²) in [5.41, 5.74) is 5.48. The number of rotatable bonds is 4. The van der Waals surface area contributed by atoms with Crippen molar-refractivity contribution in [3.05, 3.63) is 66.2 Å². The number of alkyl halides is 2. The van der Waals surface area contributed by atoms with Crippen LogP contribution in [-0.2, 0) is 0 Å². The number of halogens is 2. The molecule has 28 heavy (non-hydrogen) atoms. The molecule has 0 saturated carbocycles. The van der Waals surface area contributed by atoms with Crippen LogP contribution in [0, 0.1) is 0 Å². The molecule has 9 heteroatoms. The molecule has 0 aliphatic rings. The number of nitrogens with one attached hydrogen (secondary N) is 3. The van der Waals surface area contributed by atoms with Crippen molar-refractivity contribution in [1.82, 2.24) is 10.9 Å². The molecule has 0 unspecified atom stereocenters. The van der Waals surface area contributed by atoms with Gasteiger partial charge in [-0.15, -0.1) is 0 Å². The summed E-state index contributed by atoms with van der Waals surface area (Å²) in [4.78, 5) is 12.3. The number of hydrogen-bond acceptors (Lipinski definition) is 4. The van der Waals surface area contributed by atoms with E-state index in [-0.39, 0.29) is 22.2 Å². The number of thiocarbonyl (C=S) groups is 1. The predicted molar refractivity (Wildman–Crippen MR) is 106 cm³/mol. The van der Waals surface area contributed by atoms with Crippen LogP contribution < -0.4 is 20.9 Å². The van der Waals surface area contributed by atoms with E-state index in [1.807, 2.05) is 24.3 Å². The second-order valence-electron chi connectivity index (χ2n) is 5.65. The molecule has 0 saturated heterocycles. The number of hydrazine groups is 1. The lowest BCUT2D eigenvalue weighted by molar-refractivity contribution is -0.0498. The predicted octanol–water partition coefficient (Wildman–Crippen LogP) is 3.78. The van der Waals surface area contributed by atoms with E-state index in [4.69, 9.17) is 12.2 Å². The highest BCUT2D eigenvalue weighted by atomic mass is 32.1. The van der Waals surface area contributed by atoms with Gasteiger partial charge < -0.3 is 15.2 Å². The van der Waals surface area contributed by atoms with Gasteiger partial charge in [-0.3, -0.25) is 15.6 Å². The first kappa shape index (κ1) is 19.3. The molecule has 0 fully saturated rings. The fourth-order valence-electron chi connectivity index (χ4n) is 2.47. The molecule has 3 aromatic rings. The van der Waals surface area contributed by atoms with Crippen LogP contribution in [0.4, 0.5) is 14.5 Å². The van der Waals surface area contributed by atoms with Crippen LogP contribution in [0.15, 0.2) is 60.7 Å². The summed E-state index contributed by atoms with van der Waals surface area (Å²) < 4.78 is 28.5. The Morgan fingerprint density at radius 3 is 2.29 bits per heavy atom. The van der Waals surface area contributed by atoms with Crippen LogP contribution in [-0.4, -0.2) is 22.7 Å². The topological polar surface area (TPSA) is 82.6 Å². The monoisotopic (exact) mass is 403 g/mol. The van der Waals surface area contributed by atoms with E-state index in [1.54, 1.807) is 6.07 Å². The number of anilines is 1. The maximum Gasteiger partial charge on any atom is 0.387 e. The average Bonchev–Trinajstić information content (AvgIpc) is 2.66. The average molecular weight is 403 g/mol. The molecule has 4 N–H and O–H groups in total. The zero-order valence-corrected chi connectivity index (χ0v) is 15.1. The number of benzene rings is 3. The number of carbonyl (C=O) groups excluding carboxylic acids is 1. The van der Waals surface area contributed by atoms with Crippen molar-refractivity contribution in [3.63, 3.8) is 0 Å². The van der Waals surface area contributed by atoms with E-state index in [0.29, 0.717) is 5.69 Å². The summed E-state index contributed by atoms with van der Waals surface area (Å²) >= 11 is 5.07. The van der Waals surface area contributed by atoms with Crippen molar-refractivity contribution in [2.75, 3.05) is 5.32 Å². The van der Waals surface area contributed by atoms with Gasteiger partial charge >= 0.3 is 6.61 Å². The number of phenols is 1. The molecule has 0 aliphatic carbocycles. The first-order chi connectivity index (χ1) is 13.4. The highest BCUT2D eigenvalue weighted by molar-refractivity contribution is 7.80. The van der Waals surface area contributed by atoms with Crippen LogP contribution in [0.5, 0.6) is 11.5 Å². The summed E-state index contributed by atoms with van der Waals surface area (Å²) in [6.45, 7) is -2.90. The second-order valence-corrected chi connectivity index (χ2v) is 6.06. The SMILES string of the molecule is O=C(NNC(=S)Nc1ccc(OC(F)F)cc1)c1cc2ccccc2cc1O. The van der Waals surface area contributed by atoms with Gasteiger partial charge in [0.1, 0.15) is 11.5 Å². The minimum atomic E-state index is -2.90. The maximum atomic E-state index is 12.3. The number of ether oxygens (including phenoxy) is 1. The Balaban J connectivity index is 1.58. The minimum absolute atomic E-state index is 0.0134. The van der Waals surface area contributed by atoms with E-state index < -0.39 is 12.5 Å². The first-order valence-electron chi connectivity index (χ1n) is 8.06.